The normalized spacial score (nSPS) is 12.0. The Morgan fingerprint density at radius 3 is 2.44 bits per heavy atom. The van der Waals surface area contributed by atoms with Crippen LogP contribution in [0.4, 0.5) is 0 Å². The SMILES string of the molecule is C=C(C)C(=O)OCC[P-]OCC[N+](C)(C)C. The van der Waals surface area contributed by atoms with Crippen LogP contribution in [0.3, 0.4) is 0 Å². The van der Waals surface area contributed by atoms with Crippen LogP contribution in [0.25, 0.3) is 0 Å². The Kier molecular flexibility index (Phi) is 7.56. The first-order chi connectivity index (χ1) is 7.33. The van der Waals surface area contributed by atoms with Crippen LogP contribution >= 0.6 is 8.81 Å². The number of carbonyl (C=O) groups is 1. The van der Waals surface area contributed by atoms with Crippen molar-refractivity contribution in [3.8, 4) is 0 Å². The fourth-order valence-corrected chi connectivity index (χ4v) is 1.25. The lowest BCUT2D eigenvalue weighted by Crippen LogP contribution is -2.37. The van der Waals surface area contributed by atoms with Crippen molar-refractivity contribution in [2.24, 2.45) is 0 Å². The van der Waals surface area contributed by atoms with E-state index in [1.54, 1.807) is 6.92 Å². The monoisotopic (exact) mass is 247 g/mol. The molecular formula is C11H22NO3P. The van der Waals surface area contributed by atoms with Gasteiger partial charge in [-0.3, -0.25) is 0 Å². The van der Waals surface area contributed by atoms with E-state index in [-0.39, 0.29) is 5.97 Å². The number of rotatable bonds is 8. The summed E-state index contributed by atoms with van der Waals surface area (Å²) >= 11 is 0. The van der Waals surface area contributed by atoms with Gasteiger partial charge >= 0.3 is 5.97 Å². The predicted molar refractivity (Wildman–Crippen MR) is 66.4 cm³/mol. The predicted octanol–water partition coefficient (Wildman–Crippen LogP) is 1.69. The molecule has 0 aromatic heterocycles. The number of carbonyl (C=O) groups excluding carboxylic acids is 1. The summed E-state index contributed by atoms with van der Waals surface area (Å²) < 4.78 is 11.2. The molecule has 0 aliphatic heterocycles. The zero-order valence-corrected chi connectivity index (χ0v) is 11.5. The van der Waals surface area contributed by atoms with E-state index in [9.17, 15) is 4.79 Å². The van der Waals surface area contributed by atoms with Crippen LogP contribution in [0.15, 0.2) is 12.2 Å². The first-order valence-electron chi connectivity index (χ1n) is 5.25. The molecule has 94 valence electrons. The van der Waals surface area contributed by atoms with Gasteiger partial charge in [0.1, 0.15) is 0 Å². The van der Waals surface area contributed by atoms with Crippen molar-refractivity contribution in [2.75, 3.05) is 47.1 Å². The number of hydrogen-bond acceptors (Lipinski definition) is 3. The molecule has 0 bridgehead atoms. The molecule has 0 aliphatic carbocycles. The summed E-state index contributed by atoms with van der Waals surface area (Å²) in [5, 5.41) is 0. The average molecular weight is 247 g/mol. The minimum Gasteiger partial charge on any atom is -0.553 e. The van der Waals surface area contributed by atoms with Crippen LogP contribution in [0.1, 0.15) is 6.92 Å². The van der Waals surface area contributed by atoms with E-state index in [0.29, 0.717) is 18.3 Å². The van der Waals surface area contributed by atoms with Crippen molar-refractivity contribution in [1.29, 1.82) is 0 Å². The summed E-state index contributed by atoms with van der Waals surface area (Å²) in [4.78, 5) is 11.0. The van der Waals surface area contributed by atoms with Crippen molar-refractivity contribution in [2.45, 2.75) is 6.92 Å². The summed E-state index contributed by atoms with van der Waals surface area (Å²) in [7, 11) is 7.22. The van der Waals surface area contributed by atoms with Crippen molar-refractivity contribution in [1.82, 2.24) is 0 Å². The molecule has 0 atom stereocenters. The number of esters is 1. The van der Waals surface area contributed by atoms with E-state index in [0.717, 1.165) is 26.4 Å². The molecule has 0 amide bonds. The third kappa shape index (κ3) is 10.1. The molecule has 0 radical (unpaired) electrons. The van der Waals surface area contributed by atoms with Gasteiger partial charge in [-0.25, -0.2) is 4.79 Å². The summed E-state index contributed by atoms with van der Waals surface area (Å²) in [5.74, 6) is -0.332. The summed E-state index contributed by atoms with van der Waals surface area (Å²) in [5.41, 5.74) is 0.433. The van der Waals surface area contributed by atoms with Crippen LogP contribution in [-0.2, 0) is 14.1 Å². The molecule has 0 N–H and O–H groups in total. The van der Waals surface area contributed by atoms with Crippen LogP contribution in [-0.4, -0.2) is 57.5 Å². The highest BCUT2D eigenvalue weighted by Gasteiger charge is 2.03. The molecule has 0 aliphatic rings. The number of quaternary nitrogens is 1. The van der Waals surface area contributed by atoms with E-state index in [1.165, 1.54) is 0 Å². The van der Waals surface area contributed by atoms with E-state index in [4.69, 9.17) is 9.26 Å². The van der Waals surface area contributed by atoms with Gasteiger partial charge in [0.15, 0.2) is 0 Å². The first kappa shape index (κ1) is 15.6. The molecule has 0 aromatic rings. The van der Waals surface area contributed by atoms with Crippen molar-refractivity contribution in [3.05, 3.63) is 12.2 Å². The quantitative estimate of drug-likeness (QED) is 0.215. The molecule has 0 unspecified atom stereocenters. The van der Waals surface area contributed by atoms with Crippen molar-refractivity contribution in [3.63, 3.8) is 0 Å². The molecule has 0 saturated carbocycles. The fourth-order valence-electron chi connectivity index (χ4n) is 0.743. The van der Waals surface area contributed by atoms with Gasteiger partial charge in [-0.15, -0.1) is 6.16 Å². The largest absolute Gasteiger partial charge is 0.553 e. The van der Waals surface area contributed by atoms with Crippen molar-refractivity contribution >= 4 is 14.8 Å². The molecule has 4 nitrogen and oxygen atoms in total. The van der Waals surface area contributed by atoms with Crippen LogP contribution < -0.4 is 0 Å². The van der Waals surface area contributed by atoms with Crippen LogP contribution in [0.5, 0.6) is 0 Å². The van der Waals surface area contributed by atoms with Gasteiger partial charge in [-0.2, -0.15) is 0 Å². The zero-order valence-electron chi connectivity index (χ0n) is 10.7. The Labute approximate surface area is 100 Å². The second-order valence-corrected chi connectivity index (χ2v) is 5.58. The van der Waals surface area contributed by atoms with Gasteiger partial charge in [-0.05, 0) is 6.92 Å². The van der Waals surface area contributed by atoms with Gasteiger partial charge < -0.3 is 22.6 Å². The molecule has 0 saturated heterocycles. The molecule has 0 rings (SSSR count). The number of likely N-dealkylation sites (N-methyl/N-ethyl adjacent to an activating group) is 1. The maximum Gasteiger partial charge on any atom is 0.333 e. The third-order valence-electron chi connectivity index (χ3n) is 1.71. The molecule has 16 heavy (non-hydrogen) atoms. The second kappa shape index (κ2) is 7.77. The van der Waals surface area contributed by atoms with Crippen LogP contribution in [0, 0.1) is 0 Å². The van der Waals surface area contributed by atoms with Crippen LogP contribution in [0.2, 0.25) is 0 Å². The molecule has 0 spiro atoms. The van der Waals surface area contributed by atoms with Gasteiger partial charge in [0.05, 0.1) is 40.9 Å². The standard InChI is InChI=1S/C11H22NO3P/c1-10(2)11(13)14-8-9-16-15-7-6-12(3,4)5/h1,6-9H2,2-5H3. The number of nitrogens with zero attached hydrogens (tertiary/aromatic N) is 1. The lowest BCUT2D eigenvalue weighted by molar-refractivity contribution is -0.870. The van der Waals surface area contributed by atoms with E-state index >= 15 is 0 Å². The third-order valence-corrected chi connectivity index (χ3v) is 2.44. The van der Waals surface area contributed by atoms with Gasteiger partial charge in [0.25, 0.3) is 0 Å². The Morgan fingerprint density at radius 1 is 1.31 bits per heavy atom. The molecule has 0 fully saturated rings. The van der Waals surface area contributed by atoms with Gasteiger partial charge in [0.2, 0.25) is 0 Å². The Bertz CT molecular complexity index is 236. The topological polar surface area (TPSA) is 35.5 Å². The van der Waals surface area contributed by atoms with E-state index in [2.05, 4.69) is 27.7 Å². The number of ether oxygens (including phenoxy) is 1. The summed E-state index contributed by atoms with van der Waals surface area (Å²) in [6, 6.07) is 0. The average Bonchev–Trinajstić information content (AvgIpc) is 2.14. The first-order valence-corrected chi connectivity index (χ1v) is 6.24. The minimum absolute atomic E-state index is 0.332. The zero-order chi connectivity index (χ0) is 12.6. The maximum atomic E-state index is 11.0. The highest BCUT2D eigenvalue weighted by atomic mass is 31.1. The smallest absolute Gasteiger partial charge is 0.333 e. The highest BCUT2D eigenvalue weighted by Crippen LogP contribution is 2.11. The second-order valence-electron chi connectivity index (χ2n) is 4.62. The summed E-state index contributed by atoms with van der Waals surface area (Å²) in [6.07, 6.45) is 0.705. The fraction of sp³-hybridized carbons (Fsp3) is 0.727. The minimum atomic E-state index is -0.332. The molecule has 5 heteroatoms. The van der Waals surface area contributed by atoms with Gasteiger partial charge in [0, 0.05) is 5.57 Å². The lowest BCUT2D eigenvalue weighted by atomic mass is 10.4. The summed E-state index contributed by atoms with van der Waals surface area (Å²) in [6.45, 7) is 7.22. The Hall–Kier alpha value is -0.440. The molecule has 0 aromatic carbocycles. The van der Waals surface area contributed by atoms with Gasteiger partial charge in [-0.1, -0.05) is 6.58 Å². The maximum absolute atomic E-state index is 11.0. The van der Waals surface area contributed by atoms with Crippen molar-refractivity contribution < 1.29 is 18.5 Å². The molecular weight excluding hydrogens is 225 g/mol. The lowest BCUT2D eigenvalue weighted by Gasteiger charge is -2.27. The molecule has 0 heterocycles. The number of hydrogen-bond donors (Lipinski definition) is 0. The van der Waals surface area contributed by atoms with E-state index in [1.807, 2.05) is 0 Å². The van der Waals surface area contributed by atoms with E-state index < -0.39 is 0 Å². The Balaban J connectivity index is 3.29. The highest BCUT2D eigenvalue weighted by molar-refractivity contribution is 7.32. The Morgan fingerprint density at radius 2 is 1.94 bits per heavy atom.